The second-order valence-corrected chi connectivity index (χ2v) is 6.01. The van der Waals surface area contributed by atoms with Gasteiger partial charge in [0.05, 0.1) is 23.4 Å². The van der Waals surface area contributed by atoms with Crippen LogP contribution in [0.3, 0.4) is 0 Å². The molecule has 0 radical (unpaired) electrons. The maximum atomic E-state index is 12.6. The number of nitrogens with one attached hydrogen (secondary N) is 1. The van der Waals surface area contributed by atoms with Crippen molar-refractivity contribution in [3.05, 3.63) is 40.1 Å². The van der Waals surface area contributed by atoms with Crippen LogP contribution >= 0.6 is 22.9 Å². The predicted molar refractivity (Wildman–Crippen MR) is 85.8 cm³/mol. The lowest BCUT2D eigenvalue weighted by atomic mass is 10.1. The molecule has 26 heavy (non-hydrogen) atoms. The van der Waals surface area contributed by atoms with Gasteiger partial charge < -0.3 is 4.74 Å². The Labute approximate surface area is 152 Å². The first-order valence-corrected chi connectivity index (χ1v) is 8.00. The molecule has 1 amide bonds. The molecule has 3 aromatic rings. The highest BCUT2D eigenvalue weighted by Crippen LogP contribution is 2.33. The van der Waals surface area contributed by atoms with Crippen molar-refractivity contribution in [2.75, 3.05) is 12.4 Å². The number of tetrazole rings is 1. The zero-order valence-corrected chi connectivity index (χ0v) is 14.4. The molecule has 2 aromatic heterocycles. The van der Waals surface area contributed by atoms with Crippen molar-refractivity contribution in [3.8, 4) is 11.4 Å². The third-order valence-electron chi connectivity index (χ3n) is 3.12. The SMILES string of the molecule is COc1cc(-n2cnnn2)c(Cl)cc1C(=O)Nc1nc(C(F)(F)F)cs1. The number of thiazole rings is 1. The Hall–Kier alpha value is -2.73. The van der Waals surface area contributed by atoms with E-state index in [1.54, 1.807) is 0 Å². The standard InChI is InChI=1S/C13H8ClF3N6O2S/c1-25-9-3-8(23-5-18-21-22-23)7(14)2-6(9)11(24)20-12-19-10(4-26-12)13(15,16)17/h2-5H,1H3,(H,19,20,24). The third-order valence-corrected chi connectivity index (χ3v) is 4.18. The number of carbonyl (C=O) groups is 1. The number of rotatable bonds is 4. The van der Waals surface area contributed by atoms with Crippen molar-refractivity contribution in [1.82, 2.24) is 25.2 Å². The molecule has 0 unspecified atom stereocenters. The summed E-state index contributed by atoms with van der Waals surface area (Å²) >= 11 is 6.80. The van der Waals surface area contributed by atoms with Crippen LogP contribution in [0.25, 0.3) is 5.69 Å². The number of hydrogen-bond acceptors (Lipinski definition) is 7. The van der Waals surface area contributed by atoms with Gasteiger partial charge in [0.15, 0.2) is 10.8 Å². The quantitative estimate of drug-likeness (QED) is 0.718. The summed E-state index contributed by atoms with van der Waals surface area (Å²) in [6.45, 7) is 0. The average molecular weight is 405 g/mol. The second kappa shape index (κ2) is 6.88. The van der Waals surface area contributed by atoms with Gasteiger partial charge in [-0.3, -0.25) is 10.1 Å². The van der Waals surface area contributed by atoms with Gasteiger partial charge in [-0.05, 0) is 16.5 Å². The largest absolute Gasteiger partial charge is 0.496 e. The molecule has 136 valence electrons. The van der Waals surface area contributed by atoms with Gasteiger partial charge in [0, 0.05) is 11.4 Å². The number of hydrogen-bond donors (Lipinski definition) is 1. The number of amides is 1. The van der Waals surface area contributed by atoms with Crippen LogP contribution in [-0.4, -0.2) is 38.2 Å². The Morgan fingerprint density at radius 3 is 2.73 bits per heavy atom. The summed E-state index contributed by atoms with van der Waals surface area (Å²) in [5.74, 6) is -0.597. The van der Waals surface area contributed by atoms with Crippen LogP contribution in [-0.2, 0) is 6.18 Å². The molecule has 0 bridgehead atoms. The van der Waals surface area contributed by atoms with Crippen molar-refractivity contribution in [2.24, 2.45) is 0 Å². The molecule has 0 aliphatic carbocycles. The Morgan fingerprint density at radius 1 is 1.38 bits per heavy atom. The lowest BCUT2D eigenvalue weighted by Crippen LogP contribution is -2.14. The van der Waals surface area contributed by atoms with Crippen LogP contribution in [0.2, 0.25) is 5.02 Å². The maximum Gasteiger partial charge on any atom is 0.434 e. The van der Waals surface area contributed by atoms with E-state index in [4.69, 9.17) is 16.3 Å². The van der Waals surface area contributed by atoms with E-state index in [1.807, 2.05) is 0 Å². The maximum absolute atomic E-state index is 12.6. The van der Waals surface area contributed by atoms with Gasteiger partial charge in [0.25, 0.3) is 5.91 Å². The van der Waals surface area contributed by atoms with Gasteiger partial charge in [-0.25, -0.2) is 4.98 Å². The summed E-state index contributed by atoms with van der Waals surface area (Å²) < 4.78 is 44.2. The van der Waals surface area contributed by atoms with Crippen molar-refractivity contribution in [2.45, 2.75) is 6.18 Å². The van der Waals surface area contributed by atoms with Crippen molar-refractivity contribution < 1.29 is 22.7 Å². The number of halogens is 4. The van der Waals surface area contributed by atoms with Crippen LogP contribution in [0.4, 0.5) is 18.3 Å². The van der Waals surface area contributed by atoms with E-state index in [0.717, 1.165) is 5.38 Å². The lowest BCUT2D eigenvalue weighted by molar-refractivity contribution is -0.140. The Balaban J connectivity index is 1.89. The van der Waals surface area contributed by atoms with Crippen LogP contribution in [0.15, 0.2) is 23.8 Å². The molecule has 1 N–H and O–H groups in total. The molecule has 0 saturated carbocycles. The van der Waals surface area contributed by atoms with Crippen molar-refractivity contribution >= 4 is 34.0 Å². The lowest BCUT2D eigenvalue weighted by Gasteiger charge is -2.11. The van der Waals surface area contributed by atoms with E-state index in [2.05, 4.69) is 25.8 Å². The van der Waals surface area contributed by atoms with E-state index >= 15 is 0 Å². The van der Waals surface area contributed by atoms with Crippen LogP contribution < -0.4 is 10.1 Å². The van der Waals surface area contributed by atoms with E-state index in [-0.39, 0.29) is 21.5 Å². The number of nitrogens with zero attached hydrogens (tertiary/aromatic N) is 5. The molecule has 0 aliphatic heterocycles. The molecule has 0 aliphatic rings. The summed E-state index contributed by atoms with van der Waals surface area (Å²) in [7, 11) is 1.33. The number of aromatic nitrogens is 5. The van der Waals surface area contributed by atoms with Gasteiger partial charge in [0.1, 0.15) is 12.1 Å². The molecule has 0 fully saturated rings. The monoisotopic (exact) mass is 404 g/mol. The minimum Gasteiger partial charge on any atom is -0.496 e. The number of methoxy groups -OCH3 is 1. The Kier molecular flexibility index (Phi) is 4.78. The Bertz CT molecular complexity index is 944. The average Bonchev–Trinajstić information content (AvgIpc) is 3.25. The number of alkyl halides is 3. The molecule has 1 aromatic carbocycles. The van der Waals surface area contributed by atoms with Gasteiger partial charge >= 0.3 is 6.18 Å². The summed E-state index contributed by atoms with van der Waals surface area (Å²) in [5, 5.41) is 13.7. The molecular formula is C13H8ClF3N6O2S. The highest BCUT2D eigenvalue weighted by atomic mass is 35.5. The van der Waals surface area contributed by atoms with Crippen molar-refractivity contribution in [1.29, 1.82) is 0 Å². The van der Waals surface area contributed by atoms with E-state index in [9.17, 15) is 18.0 Å². The fourth-order valence-corrected chi connectivity index (χ4v) is 2.92. The first kappa shape index (κ1) is 18.1. The second-order valence-electron chi connectivity index (χ2n) is 4.75. The van der Waals surface area contributed by atoms with Crippen molar-refractivity contribution in [3.63, 3.8) is 0 Å². The highest BCUT2D eigenvalue weighted by Gasteiger charge is 2.34. The smallest absolute Gasteiger partial charge is 0.434 e. The van der Waals surface area contributed by atoms with Crippen LogP contribution in [0, 0.1) is 0 Å². The zero-order valence-electron chi connectivity index (χ0n) is 12.8. The minimum absolute atomic E-state index is 0.0121. The van der Waals surface area contributed by atoms with E-state index < -0.39 is 17.8 Å². The van der Waals surface area contributed by atoms with Crippen LogP contribution in [0.5, 0.6) is 5.75 Å². The number of anilines is 1. The van der Waals surface area contributed by atoms with E-state index in [1.165, 1.54) is 30.3 Å². The number of benzene rings is 1. The summed E-state index contributed by atoms with van der Waals surface area (Å²) in [5.41, 5.74) is -0.714. The zero-order chi connectivity index (χ0) is 18.9. The molecule has 13 heteroatoms. The minimum atomic E-state index is -4.59. The summed E-state index contributed by atoms with van der Waals surface area (Å²) in [6, 6.07) is 2.72. The number of carbonyl (C=O) groups excluding carboxylic acids is 1. The summed E-state index contributed by atoms with van der Waals surface area (Å²) in [4.78, 5) is 15.7. The predicted octanol–water partition coefficient (Wildman–Crippen LogP) is 3.05. The van der Waals surface area contributed by atoms with Gasteiger partial charge in [-0.1, -0.05) is 11.6 Å². The molecule has 8 nitrogen and oxygen atoms in total. The van der Waals surface area contributed by atoms with Gasteiger partial charge in [-0.15, -0.1) is 16.4 Å². The topological polar surface area (TPSA) is 94.8 Å². The molecule has 0 atom stereocenters. The van der Waals surface area contributed by atoms with Gasteiger partial charge in [0.2, 0.25) is 0 Å². The first-order valence-electron chi connectivity index (χ1n) is 6.74. The normalized spacial score (nSPS) is 11.4. The third kappa shape index (κ3) is 3.60. The fourth-order valence-electron chi connectivity index (χ4n) is 1.96. The molecule has 2 heterocycles. The Morgan fingerprint density at radius 2 is 2.15 bits per heavy atom. The molecular weight excluding hydrogens is 397 g/mol. The fraction of sp³-hybridized carbons (Fsp3) is 0.154. The van der Waals surface area contributed by atoms with Gasteiger partial charge in [-0.2, -0.15) is 17.9 Å². The van der Waals surface area contributed by atoms with Crippen LogP contribution in [0.1, 0.15) is 16.1 Å². The van der Waals surface area contributed by atoms with E-state index in [0.29, 0.717) is 17.0 Å². The highest BCUT2D eigenvalue weighted by molar-refractivity contribution is 7.14. The molecule has 0 saturated heterocycles. The number of ether oxygens (including phenoxy) is 1. The summed E-state index contributed by atoms with van der Waals surface area (Å²) in [6.07, 6.45) is -3.29. The molecule has 3 rings (SSSR count). The first-order chi connectivity index (χ1) is 12.3. The molecule has 0 spiro atoms.